The molecule has 1 heterocycles. The van der Waals surface area contributed by atoms with E-state index in [0.29, 0.717) is 41.5 Å². The number of carbonyl (C=O) groups is 2. The normalized spacial score (nSPS) is 19.3. The Balaban J connectivity index is 1.56. The zero-order valence-corrected chi connectivity index (χ0v) is 20.5. The third-order valence-electron chi connectivity index (χ3n) is 6.97. The molecule has 0 unspecified atom stereocenters. The summed E-state index contributed by atoms with van der Waals surface area (Å²) in [6.07, 6.45) is 0.939. The maximum absolute atomic E-state index is 14.3. The lowest BCUT2D eigenvalue weighted by Crippen LogP contribution is -2.37. The highest BCUT2D eigenvalue weighted by Crippen LogP contribution is 2.46. The smallest absolute Gasteiger partial charge is 0.254 e. The SMILES string of the molecule is COc1ccc([C@@H]2C(C(=O)Nc3ccc(F)cc3F)=C(C)NC3=C2C(=O)C[C@@H](c2ccccc2)C3)cc1. The summed E-state index contributed by atoms with van der Waals surface area (Å²) in [5.41, 5.74) is 3.88. The molecule has 3 aromatic carbocycles. The molecule has 2 atom stereocenters. The lowest BCUT2D eigenvalue weighted by atomic mass is 9.71. The predicted octanol–water partition coefficient (Wildman–Crippen LogP) is 5.97. The fourth-order valence-corrected chi connectivity index (χ4v) is 5.21. The van der Waals surface area contributed by atoms with Gasteiger partial charge in [-0.15, -0.1) is 0 Å². The number of hydrogen-bond donors (Lipinski definition) is 2. The molecule has 5 rings (SSSR count). The van der Waals surface area contributed by atoms with Crippen LogP contribution in [0.3, 0.4) is 0 Å². The molecular formula is C30H26F2N2O3. The maximum atomic E-state index is 14.3. The van der Waals surface area contributed by atoms with E-state index in [1.54, 1.807) is 26.2 Å². The number of rotatable bonds is 5. The molecule has 0 bridgehead atoms. The van der Waals surface area contributed by atoms with Crippen molar-refractivity contribution >= 4 is 17.4 Å². The Hall–Kier alpha value is -4.26. The van der Waals surface area contributed by atoms with Crippen molar-refractivity contribution in [1.82, 2.24) is 5.32 Å². The third-order valence-corrected chi connectivity index (χ3v) is 6.97. The van der Waals surface area contributed by atoms with Gasteiger partial charge in [0.1, 0.15) is 17.4 Å². The topological polar surface area (TPSA) is 67.4 Å². The molecule has 0 radical (unpaired) electrons. The standard InChI is InChI=1S/C30H26F2N2O3/c1-17-27(30(36)34-24-13-10-21(31)16-23(24)32)28(19-8-11-22(37-2)12-9-19)29-25(33-17)14-20(15-26(29)35)18-6-4-3-5-7-18/h3-13,16,20,28,33H,14-15H2,1-2H3,(H,34,36)/t20-,28+/m0/s1. The molecule has 3 aromatic rings. The first-order valence-electron chi connectivity index (χ1n) is 12.0. The average molecular weight is 501 g/mol. The van der Waals surface area contributed by atoms with Crippen molar-refractivity contribution < 1.29 is 23.1 Å². The molecule has 188 valence electrons. The van der Waals surface area contributed by atoms with Gasteiger partial charge in [-0.2, -0.15) is 0 Å². The number of halogens is 2. The average Bonchev–Trinajstić information content (AvgIpc) is 2.90. The first kappa shape index (κ1) is 24.4. The highest BCUT2D eigenvalue weighted by Gasteiger charge is 2.41. The lowest BCUT2D eigenvalue weighted by molar-refractivity contribution is -0.116. The van der Waals surface area contributed by atoms with E-state index in [1.807, 2.05) is 42.5 Å². The Labute approximate surface area is 213 Å². The number of amides is 1. The van der Waals surface area contributed by atoms with Crippen LogP contribution >= 0.6 is 0 Å². The number of allylic oxidation sites excluding steroid dienone is 3. The number of Topliss-reactive ketones (excluding diaryl/α,β-unsaturated/α-hetero) is 1. The van der Waals surface area contributed by atoms with Gasteiger partial charge in [-0.05, 0) is 54.7 Å². The van der Waals surface area contributed by atoms with Gasteiger partial charge in [-0.3, -0.25) is 9.59 Å². The van der Waals surface area contributed by atoms with Crippen LogP contribution in [0.15, 0.2) is 95.3 Å². The number of ketones is 1. The van der Waals surface area contributed by atoms with Crippen molar-refractivity contribution in [1.29, 1.82) is 0 Å². The summed E-state index contributed by atoms with van der Waals surface area (Å²) in [6, 6.07) is 20.1. The summed E-state index contributed by atoms with van der Waals surface area (Å²) < 4.78 is 33.0. The highest BCUT2D eigenvalue weighted by atomic mass is 19.1. The summed E-state index contributed by atoms with van der Waals surface area (Å²) in [5, 5.41) is 5.88. The van der Waals surface area contributed by atoms with Crippen molar-refractivity contribution in [3.05, 3.63) is 118 Å². The fraction of sp³-hybridized carbons (Fsp3) is 0.200. The van der Waals surface area contributed by atoms with Gasteiger partial charge in [0.05, 0.1) is 12.8 Å². The zero-order chi connectivity index (χ0) is 26.1. The quantitative estimate of drug-likeness (QED) is 0.453. The van der Waals surface area contributed by atoms with Crippen LogP contribution in [-0.2, 0) is 9.59 Å². The van der Waals surface area contributed by atoms with Gasteiger partial charge in [-0.25, -0.2) is 8.78 Å². The van der Waals surface area contributed by atoms with Gasteiger partial charge >= 0.3 is 0 Å². The summed E-state index contributed by atoms with van der Waals surface area (Å²) in [5.74, 6) is -2.23. The minimum Gasteiger partial charge on any atom is -0.497 e. The Bertz CT molecular complexity index is 1430. The molecule has 2 aliphatic rings. The third kappa shape index (κ3) is 4.77. The Kier molecular flexibility index (Phi) is 6.61. The molecule has 5 nitrogen and oxygen atoms in total. The largest absolute Gasteiger partial charge is 0.497 e. The first-order chi connectivity index (χ1) is 17.9. The molecule has 0 saturated carbocycles. The highest BCUT2D eigenvalue weighted by molar-refractivity contribution is 6.10. The van der Waals surface area contributed by atoms with Gasteiger partial charge in [0.2, 0.25) is 0 Å². The minimum atomic E-state index is -0.879. The van der Waals surface area contributed by atoms with Crippen molar-refractivity contribution in [3.63, 3.8) is 0 Å². The molecule has 1 aliphatic heterocycles. The monoisotopic (exact) mass is 500 g/mol. The number of ether oxygens (including phenoxy) is 1. The van der Waals surface area contributed by atoms with Crippen molar-refractivity contribution in [3.8, 4) is 5.75 Å². The molecule has 0 spiro atoms. The minimum absolute atomic E-state index is 0.0213. The summed E-state index contributed by atoms with van der Waals surface area (Å²) in [6.45, 7) is 1.77. The number of hydrogen-bond acceptors (Lipinski definition) is 4. The number of dihydropyridines is 1. The number of nitrogens with one attached hydrogen (secondary N) is 2. The zero-order valence-electron chi connectivity index (χ0n) is 20.5. The molecular weight excluding hydrogens is 474 g/mol. The number of benzene rings is 3. The van der Waals surface area contributed by atoms with E-state index in [9.17, 15) is 18.4 Å². The molecule has 0 fully saturated rings. The van der Waals surface area contributed by atoms with Gasteiger partial charge in [-0.1, -0.05) is 42.5 Å². The predicted molar refractivity (Wildman–Crippen MR) is 137 cm³/mol. The van der Waals surface area contributed by atoms with Crippen molar-refractivity contribution in [2.75, 3.05) is 12.4 Å². The van der Waals surface area contributed by atoms with Crippen LogP contribution in [0.25, 0.3) is 0 Å². The van der Waals surface area contributed by atoms with Crippen molar-refractivity contribution in [2.45, 2.75) is 31.6 Å². The van der Waals surface area contributed by atoms with Crippen LogP contribution in [0.4, 0.5) is 14.5 Å². The second-order valence-corrected chi connectivity index (χ2v) is 9.28. The van der Waals surface area contributed by atoms with E-state index in [1.165, 1.54) is 6.07 Å². The van der Waals surface area contributed by atoms with E-state index in [2.05, 4.69) is 10.6 Å². The Morgan fingerprint density at radius 2 is 1.70 bits per heavy atom. The van der Waals surface area contributed by atoms with Crippen LogP contribution in [0.2, 0.25) is 0 Å². The molecule has 7 heteroatoms. The first-order valence-corrected chi connectivity index (χ1v) is 12.0. The van der Waals surface area contributed by atoms with Crippen molar-refractivity contribution in [2.24, 2.45) is 0 Å². The summed E-state index contributed by atoms with van der Waals surface area (Å²) in [4.78, 5) is 27.2. The Morgan fingerprint density at radius 1 is 0.973 bits per heavy atom. The number of anilines is 1. The lowest BCUT2D eigenvalue weighted by Gasteiger charge is -2.37. The Morgan fingerprint density at radius 3 is 2.38 bits per heavy atom. The molecule has 1 amide bonds. The maximum Gasteiger partial charge on any atom is 0.254 e. The fourth-order valence-electron chi connectivity index (χ4n) is 5.21. The molecule has 37 heavy (non-hydrogen) atoms. The van der Waals surface area contributed by atoms with Gasteiger partial charge in [0, 0.05) is 40.9 Å². The molecule has 1 aliphatic carbocycles. The number of carbonyl (C=O) groups excluding carboxylic acids is 2. The number of methoxy groups -OCH3 is 1. The second kappa shape index (κ2) is 10.0. The van der Waals surface area contributed by atoms with E-state index >= 15 is 0 Å². The van der Waals surface area contributed by atoms with Crippen LogP contribution < -0.4 is 15.4 Å². The summed E-state index contributed by atoms with van der Waals surface area (Å²) in [7, 11) is 1.56. The van der Waals surface area contributed by atoms with Crippen LogP contribution in [0.1, 0.15) is 42.7 Å². The van der Waals surface area contributed by atoms with Gasteiger partial charge in [0.25, 0.3) is 5.91 Å². The van der Waals surface area contributed by atoms with Crippen LogP contribution in [-0.4, -0.2) is 18.8 Å². The second-order valence-electron chi connectivity index (χ2n) is 9.28. The van der Waals surface area contributed by atoms with E-state index in [-0.39, 0.29) is 17.4 Å². The van der Waals surface area contributed by atoms with Gasteiger partial charge < -0.3 is 15.4 Å². The summed E-state index contributed by atoms with van der Waals surface area (Å²) >= 11 is 0. The molecule has 2 N–H and O–H groups in total. The van der Waals surface area contributed by atoms with E-state index < -0.39 is 23.5 Å². The molecule has 0 saturated heterocycles. The van der Waals surface area contributed by atoms with E-state index in [0.717, 1.165) is 22.9 Å². The molecule has 0 aromatic heterocycles. The van der Waals surface area contributed by atoms with Crippen LogP contribution in [0.5, 0.6) is 5.75 Å². The van der Waals surface area contributed by atoms with Gasteiger partial charge in [0.15, 0.2) is 5.78 Å². The van der Waals surface area contributed by atoms with E-state index in [4.69, 9.17) is 4.74 Å². The van der Waals surface area contributed by atoms with Crippen LogP contribution in [0, 0.1) is 11.6 Å².